The Morgan fingerprint density at radius 2 is 2.16 bits per heavy atom. The van der Waals surface area contributed by atoms with E-state index in [4.69, 9.17) is 0 Å². The first-order valence-corrected chi connectivity index (χ1v) is 10.2. The highest BCUT2D eigenvalue weighted by Gasteiger charge is 2.30. The normalized spacial score (nSPS) is 22.2. The smallest absolute Gasteiger partial charge is 0.191 e. The fourth-order valence-corrected chi connectivity index (χ4v) is 4.68. The molecule has 0 amide bonds. The maximum absolute atomic E-state index is 4.52. The molecule has 2 heterocycles. The number of guanidine groups is 1. The Labute approximate surface area is 173 Å². The van der Waals surface area contributed by atoms with E-state index in [-0.39, 0.29) is 24.0 Å². The number of nitrogens with zero attached hydrogens (tertiary/aromatic N) is 3. The van der Waals surface area contributed by atoms with E-state index in [1.807, 2.05) is 7.05 Å². The Balaban J connectivity index is 0.00000225. The van der Waals surface area contributed by atoms with Gasteiger partial charge in [-0.2, -0.15) is 0 Å². The van der Waals surface area contributed by atoms with Crippen LogP contribution in [0.3, 0.4) is 0 Å². The first kappa shape index (κ1) is 20.9. The van der Waals surface area contributed by atoms with Gasteiger partial charge in [0.25, 0.3) is 0 Å². The van der Waals surface area contributed by atoms with Crippen molar-refractivity contribution in [3.05, 3.63) is 16.1 Å². The number of thiazole rings is 1. The van der Waals surface area contributed by atoms with E-state index in [0.29, 0.717) is 6.04 Å². The largest absolute Gasteiger partial charge is 0.356 e. The fraction of sp³-hybridized carbons (Fsp3) is 0.778. The third-order valence-corrected chi connectivity index (χ3v) is 6.18. The lowest BCUT2D eigenvalue weighted by atomic mass is 10.2. The van der Waals surface area contributed by atoms with E-state index in [1.54, 1.807) is 11.3 Å². The van der Waals surface area contributed by atoms with Crippen molar-refractivity contribution in [1.29, 1.82) is 0 Å². The van der Waals surface area contributed by atoms with Crippen LogP contribution in [-0.4, -0.2) is 54.6 Å². The Morgan fingerprint density at radius 1 is 1.36 bits per heavy atom. The van der Waals surface area contributed by atoms with Crippen molar-refractivity contribution < 1.29 is 0 Å². The molecule has 1 saturated carbocycles. The van der Waals surface area contributed by atoms with E-state index in [1.165, 1.54) is 50.2 Å². The second kappa shape index (κ2) is 10.7. The first-order valence-electron chi connectivity index (χ1n) is 9.37. The van der Waals surface area contributed by atoms with Gasteiger partial charge in [-0.15, -0.1) is 35.3 Å². The number of likely N-dealkylation sites (tertiary alicyclic amines) is 1. The molecule has 1 aliphatic heterocycles. The lowest BCUT2D eigenvalue weighted by Crippen LogP contribution is -2.45. The minimum absolute atomic E-state index is 0. The van der Waals surface area contributed by atoms with E-state index in [2.05, 4.69) is 37.8 Å². The Hall–Kier alpha value is -0.410. The zero-order chi connectivity index (χ0) is 16.8. The summed E-state index contributed by atoms with van der Waals surface area (Å²) >= 11 is 1.76. The molecule has 0 spiro atoms. The van der Waals surface area contributed by atoms with Crippen molar-refractivity contribution in [2.75, 3.05) is 26.7 Å². The Bertz CT molecular complexity index is 541. The van der Waals surface area contributed by atoms with Crippen LogP contribution < -0.4 is 10.6 Å². The molecule has 7 heteroatoms. The molecule has 1 aliphatic carbocycles. The standard InChI is InChI=1S/C18H31N5S.HI/c1-14-13-24-17(21-14)8-5-10-20-18(19-2)22-15-9-11-23(12-15)16-6-3-4-7-16;/h13,15-16H,3-12H2,1-2H3,(H2,19,20,22);1H. The maximum Gasteiger partial charge on any atom is 0.191 e. The molecule has 1 unspecified atom stereocenters. The molecule has 0 aromatic carbocycles. The molecule has 5 nitrogen and oxygen atoms in total. The number of rotatable bonds is 6. The van der Waals surface area contributed by atoms with Crippen LogP contribution in [0.4, 0.5) is 0 Å². The van der Waals surface area contributed by atoms with Crippen molar-refractivity contribution in [3.8, 4) is 0 Å². The quantitative estimate of drug-likeness (QED) is 0.286. The second-order valence-corrected chi connectivity index (χ2v) is 7.99. The molecule has 1 atom stereocenters. The summed E-state index contributed by atoms with van der Waals surface area (Å²) in [4.78, 5) is 11.6. The van der Waals surface area contributed by atoms with E-state index in [9.17, 15) is 0 Å². The summed E-state index contributed by atoms with van der Waals surface area (Å²) in [7, 11) is 1.86. The van der Waals surface area contributed by atoms with Gasteiger partial charge in [0, 0.05) is 56.3 Å². The summed E-state index contributed by atoms with van der Waals surface area (Å²) in [6.45, 7) is 5.41. The Kier molecular flexibility index (Phi) is 8.92. The lowest BCUT2D eigenvalue weighted by molar-refractivity contribution is 0.242. The second-order valence-electron chi connectivity index (χ2n) is 7.05. The third kappa shape index (κ3) is 6.36. The molecule has 142 valence electrons. The molecule has 1 saturated heterocycles. The average molecular weight is 477 g/mol. The van der Waals surface area contributed by atoms with Gasteiger partial charge in [-0.1, -0.05) is 12.8 Å². The number of aryl methyl sites for hydroxylation is 2. The van der Waals surface area contributed by atoms with Gasteiger partial charge in [-0.3, -0.25) is 9.89 Å². The van der Waals surface area contributed by atoms with E-state index >= 15 is 0 Å². The van der Waals surface area contributed by atoms with Gasteiger partial charge in [0.15, 0.2) is 5.96 Å². The van der Waals surface area contributed by atoms with Crippen molar-refractivity contribution >= 4 is 41.3 Å². The molecule has 1 aromatic rings. The molecular weight excluding hydrogens is 445 g/mol. The topological polar surface area (TPSA) is 52.6 Å². The van der Waals surface area contributed by atoms with Crippen LogP contribution in [0.25, 0.3) is 0 Å². The molecule has 25 heavy (non-hydrogen) atoms. The number of nitrogens with one attached hydrogen (secondary N) is 2. The molecule has 2 fully saturated rings. The maximum atomic E-state index is 4.52. The zero-order valence-corrected chi connectivity index (χ0v) is 18.6. The monoisotopic (exact) mass is 477 g/mol. The highest BCUT2D eigenvalue weighted by molar-refractivity contribution is 14.0. The minimum Gasteiger partial charge on any atom is -0.356 e. The molecule has 0 radical (unpaired) electrons. The SMILES string of the molecule is CN=C(NCCCc1nc(C)cs1)NC1CCN(C2CCCC2)C1.I. The van der Waals surface area contributed by atoms with Crippen LogP contribution in [0.2, 0.25) is 0 Å². The van der Waals surface area contributed by atoms with E-state index in [0.717, 1.165) is 37.1 Å². The summed E-state index contributed by atoms with van der Waals surface area (Å²) in [6, 6.07) is 1.38. The summed E-state index contributed by atoms with van der Waals surface area (Å²) < 4.78 is 0. The van der Waals surface area contributed by atoms with Crippen LogP contribution in [0.15, 0.2) is 10.4 Å². The summed E-state index contributed by atoms with van der Waals surface area (Å²) in [6.07, 6.45) is 9.00. The number of aliphatic imine (C=N–C) groups is 1. The first-order chi connectivity index (χ1) is 11.7. The van der Waals surface area contributed by atoms with Crippen molar-refractivity contribution in [1.82, 2.24) is 20.5 Å². The molecule has 3 rings (SSSR count). The van der Waals surface area contributed by atoms with Crippen LogP contribution >= 0.6 is 35.3 Å². The van der Waals surface area contributed by atoms with Crippen molar-refractivity contribution in [3.63, 3.8) is 0 Å². The molecule has 2 aliphatic rings. The fourth-order valence-electron chi connectivity index (χ4n) is 3.86. The van der Waals surface area contributed by atoms with Crippen molar-refractivity contribution in [2.24, 2.45) is 4.99 Å². The van der Waals surface area contributed by atoms with Gasteiger partial charge in [-0.05, 0) is 32.6 Å². The number of halogens is 1. The molecule has 0 bridgehead atoms. The van der Waals surface area contributed by atoms with Gasteiger partial charge in [0.05, 0.1) is 5.01 Å². The van der Waals surface area contributed by atoms with Crippen LogP contribution in [0, 0.1) is 6.92 Å². The minimum atomic E-state index is 0. The van der Waals surface area contributed by atoms with Gasteiger partial charge < -0.3 is 10.6 Å². The predicted molar refractivity (Wildman–Crippen MR) is 117 cm³/mol. The highest BCUT2D eigenvalue weighted by Crippen LogP contribution is 2.26. The summed E-state index contributed by atoms with van der Waals surface area (Å²) in [5.41, 5.74) is 1.13. The lowest BCUT2D eigenvalue weighted by Gasteiger charge is -2.24. The molecule has 1 aromatic heterocycles. The van der Waals surface area contributed by atoms with E-state index < -0.39 is 0 Å². The third-order valence-electron chi connectivity index (χ3n) is 5.15. The number of hydrogen-bond acceptors (Lipinski definition) is 4. The average Bonchev–Trinajstić information content (AvgIpc) is 3.31. The highest BCUT2D eigenvalue weighted by atomic mass is 127. The number of hydrogen-bond donors (Lipinski definition) is 2. The summed E-state index contributed by atoms with van der Waals surface area (Å²) in [5.74, 6) is 0.948. The van der Waals surface area contributed by atoms with Crippen LogP contribution in [0.5, 0.6) is 0 Å². The molecule has 2 N–H and O–H groups in total. The summed E-state index contributed by atoms with van der Waals surface area (Å²) in [5, 5.41) is 10.4. The van der Waals surface area contributed by atoms with Gasteiger partial charge in [0.2, 0.25) is 0 Å². The number of aromatic nitrogens is 1. The molecular formula is C18H32IN5S. The van der Waals surface area contributed by atoms with Gasteiger partial charge in [0.1, 0.15) is 0 Å². The predicted octanol–water partition coefficient (Wildman–Crippen LogP) is 3.18. The zero-order valence-electron chi connectivity index (χ0n) is 15.5. The van der Waals surface area contributed by atoms with Crippen LogP contribution in [0.1, 0.15) is 49.2 Å². The van der Waals surface area contributed by atoms with Gasteiger partial charge in [-0.25, -0.2) is 4.98 Å². The van der Waals surface area contributed by atoms with Crippen LogP contribution in [-0.2, 0) is 6.42 Å². The Morgan fingerprint density at radius 3 is 2.84 bits per heavy atom. The van der Waals surface area contributed by atoms with Crippen molar-refractivity contribution in [2.45, 2.75) is 64.0 Å². The van der Waals surface area contributed by atoms with Gasteiger partial charge >= 0.3 is 0 Å².